The van der Waals surface area contributed by atoms with E-state index in [9.17, 15) is 20.0 Å². The van der Waals surface area contributed by atoms with Crippen molar-refractivity contribution in [3.8, 4) is 11.1 Å². The van der Waals surface area contributed by atoms with Crippen LogP contribution in [-0.2, 0) is 0 Å². The maximum atomic E-state index is 11.5. The van der Waals surface area contributed by atoms with Gasteiger partial charge in [-0.15, -0.1) is 11.8 Å². The Morgan fingerprint density at radius 1 is 1.26 bits per heavy atom. The lowest BCUT2D eigenvalue weighted by Crippen LogP contribution is -2.02. The maximum Gasteiger partial charge on any atom is 0.335 e. The molecular formula is C17H17NO4S. The molecule has 2 aromatic rings. The number of carboxylic acid groups (broad SMARTS) is 1. The van der Waals surface area contributed by atoms with Crippen molar-refractivity contribution in [2.75, 3.05) is 5.75 Å². The standard InChI is InChI=1S/C17H17NO4S/c1-2-3-9-23-15-11-13(17(19)20)10-14(18(21)22)16(15)12-7-5-4-6-8-12/h4-8,10-11H,2-3,9H2,1H3,(H,19,20). The summed E-state index contributed by atoms with van der Waals surface area (Å²) in [5, 5.41) is 20.7. The van der Waals surface area contributed by atoms with Gasteiger partial charge in [0.1, 0.15) is 0 Å². The highest BCUT2D eigenvalue weighted by Gasteiger charge is 2.23. The fourth-order valence-corrected chi connectivity index (χ4v) is 3.43. The molecule has 0 saturated heterocycles. The van der Waals surface area contributed by atoms with Crippen molar-refractivity contribution in [2.24, 2.45) is 0 Å². The molecule has 6 heteroatoms. The zero-order chi connectivity index (χ0) is 16.8. The molecule has 0 bridgehead atoms. The topological polar surface area (TPSA) is 80.4 Å². The number of nitrogens with zero attached hydrogens (tertiary/aromatic N) is 1. The van der Waals surface area contributed by atoms with Crippen LogP contribution in [0.2, 0.25) is 0 Å². The minimum atomic E-state index is -1.16. The molecule has 2 aromatic carbocycles. The van der Waals surface area contributed by atoms with E-state index in [1.54, 1.807) is 12.1 Å². The van der Waals surface area contributed by atoms with Gasteiger partial charge in [0.15, 0.2) is 0 Å². The molecule has 0 atom stereocenters. The Balaban J connectivity index is 2.63. The molecule has 0 fully saturated rings. The van der Waals surface area contributed by atoms with Gasteiger partial charge >= 0.3 is 5.97 Å². The summed E-state index contributed by atoms with van der Waals surface area (Å²) in [7, 11) is 0. The highest BCUT2D eigenvalue weighted by atomic mass is 32.2. The number of unbranched alkanes of at least 4 members (excludes halogenated alkanes) is 1. The van der Waals surface area contributed by atoms with Gasteiger partial charge in [0.05, 0.1) is 16.1 Å². The summed E-state index contributed by atoms with van der Waals surface area (Å²) < 4.78 is 0. The van der Waals surface area contributed by atoms with Gasteiger partial charge in [-0.1, -0.05) is 43.7 Å². The Kier molecular flexibility index (Phi) is 5.76. The van der Waals surface area contributed by atoms with Crippen LogP contribution < -0.4 is 0 Å². The molecule has 0 unspecified atom stereocenters. The molecule has 0 amide bonds. The number of aromatic carboxylic acids is 1. The fourth-order valence-electron chi connectivity index (χ4n) is 2.20. The van der Waals surface area contributed by atoms with Gasteiger partial charge in [-0.05, 0) is 23.8 Å². The van der Waals surface area contributed by atoms with Gasteiger partial charge in [0.25, 0.3) is 5.69 Å². The molecule has 0 aliphatic carbocycles. The van der Waals surface area contributed by atoms with Crippen molar-refractivity contribution in [2.45, 2.75) is 24.7 Å². The molecule has 0 saturated carbocycles. The van der Waals surface area contributed by atoms with E-state index in [4.69, 9.17) is 0 Å². The number of carbonyl (C=O) groups is 1. The molecule has 0 aromatic heterocycles. The largest absolute Gasteiger partial charge is 0.478 e. The number of thioether (sulfide) groups is 1. The number of hydrogen-bond donors (Lipinski definition) is 1. The van der Waals surface area contributed by atoms with Gasteiger partial charge in [0.2, 0.25) is 0 Å². The number of nitro benzene ring substituents is 1. The van der Waals surface area contributed by atoms with E-state index in [1.807, 2.05) is 18.2 Å². The van der Waals surface area contributed by atoms with Crippen molar-refractivity contribution in [3.05, 3.63) is 58.1 Å². The second-order valence-electron chi connectivity index (χ2n) is 5.00. The van der Waals surface area contributed by atoms with Crippen LogP contribution >= 0.6 is 11.8 Å². The molecule has 0 spiro atoms. The third-order valence-corrected chi connectivity index (χ3v) is 4.47. The number of rotatable bonds is 7. The van der Waals surface area contributed by atoms with Crippen molar-refractivity contribution in [1.29, 1.82) is 0 Å². The number of hydrogen-bond acceptors (Lipinski definition) is 4. The summed E-state index contributed by atoms with van der Waals surface area (Å²) in [5.41, 5.74) is 0.974. The highest BCUT2D eigenvalue weighted by molar-refractivity contribution is 7.99. The third-order valence-electron chi connectivity index (χ3n) is 3.34. The summed E-state index contributed by atoms with van der Waals surface area (Å²) in [5.74, 6) is -0.374. The first-order valence-corrected chi connectivity index (χ1v) is 8.27. The highest BCUT2D eigenvalue weighted by Crippen LogP contribution is 2.40. The van der Waals surface area contributed by atoms with Crippen LogP contribution in [0.5, 0.6) is 0 Å². The molecule has 0 aliphatic heterocycles. The second kappa shape index (κ2) is 7.78. The Hall–Kier alpha value is -2.34. The SMILES string of the molecule is CCCCSc1cc(C(=O)O)cc([N+](=O)[O-])c1-c1ccccc1. The molecule has 0 radical (unpaired) electrons. The van der Waals surface area contributed by atoms with Gasteiger partial charge < -0.3 is 5.11 Å². The minimum Gasteiger partial charge on any atom is -0.478 e. The molecule has 2 rings (SSSR count). The zero-order valence-electron chi connectivity index (χ0n) is 12.7. The molecule has 120 valence electrons. The van der Waals surface area contributed by atoms with Crippen molar-refractivity contribution in [3.63, 3.8) is 0 Å². The van der Waals surface area contributed by atoms with Crippen LogP contribution in [0.1, 0.15) is 30.1 Å². The summed E-state index contributed by atoms with van der Waals surface area (Å²) in [6.45, 7) is 2.06. The predicted octanol–water partition coefficient (Wildman–Crippen LogP) is 4.85. The van der Waals surface area contributed by atoms with Crippen molar-refractivity contribution >= 4 is 23.4 Å². The van der Waals surface area contributed by atoms with Gasteiger partial charge in [-0.3, -0.25) is 10.1 Å². The van der Waals surface area contributed by atoms with Crippen LogP contribution in [0, 0.1) is 10.1 Å². The molecule has 5 nitrogen and oxygen atoms in total. The molecule has 0 heterocycles. The van der Waals surface area contributed by atoms with Crippen molar-refractivity contribution < 1.29 is 14.8 Å². The van der Waals surface area contributed by atoms with E-state index >= 15 is 0 Å². The predicted molar refractivity (Wildman–Crippen MR) is 91.1 cm³/mol. The Labute approximate surface area is 138 Å². The van der Waals surface area contributed by atoms with Crippen molar-refractivity contribution in [1.82, 2.24) is 0 Å². The number of benzene rings is 2. The number of nitro groups is 1. The summed E-state index contributed by atoms with van der Waals surface area (Å²) in [6, 6.07) is 11.7. The first-order chi connectivity index (χ1) is 11.0. The lowest BCUT2D eigenvalue weighted by Gasteiger charge is -2.11. The Bertz CT molecular complexity index is 716. The zero-order valence-corrected chi connectivity index (χ0v) is 13.5. The van der Waals surface area contributed by atoms with E-state index in [2.05, 4.69) is 6.92 Å². The van der Waals surface area contributed by atoms with E-state index in [-0.39, 0.29) is 11.3 Å². The van der Waals surface area contributed by atoms with Crippen LogP contribution in [0.15, 0.2) is 47.4 Å². The summed E-state index contributed by atoms with van der Waals surface area (Å²) in [6.07, 6.45) is 1.97. The van der Waals surface area contributed by atoms with Crippen LogP contribution in [-0.4, -0.2) is 21.8 Å². The molecule has 1 N–H and O–H groups in total. The van der Waals surface area contributed by atoms with E-state index in [1.165, 1.54) is 17.8 Å². The van der Waals surface area contributed by atoms with Gasteiger partial charge in [0, 0.05) is 11.0 Å². The average Bonchev–Trinajstić information content (AvgIpc) is 2.55. The number of carboxylic acids is 1. The van der Waals surface area contributed by atoms with Gasteiger partial charge in [-0.2, -0.15) is 0 Å². The lowest BCUT2D eigenvalue weighted by molar-refractivity contribution is -0.384. The minimum absolute atomic E-state index is 0.0598. The van der Waals surface area contributed by atoms with E-state index in [0.717, 1.165) is 30.2 Å². The Morgan fingerprint density at radius 2 is 1.96 bits per heavy atom. The summed E-state index contributed by atoms with van der Waals surface area (Å²) >= 11 is 1.46. The summed E-state index contributed by atoms with van der Waals surface area (Å²) in [4.78, 5) is 22.8. The molecule has 23 heavy (non-hydrogen) atoms. The normalized spacial score (nSPS) is 10.5. The van der Waals surface area contributed by atoms with E-state index < -0.39 is 10.9 Å². The average molecular weight is 331 g/mol. The first kappa shape index (κ1) is 17.0. The smallest absolute Gasteiger partial charge is 0.335 e. The Morgan fingerprint density at radius 3 is 2.52 bits per heavy atom. The van der Waals surface area contributed by atoms with Crippen LogP contribution in [0.25, 0.3) is 11.1 Å². The monoisotopic (exact) mass is 331 g/mol. The first-order valence-electron chi connectivity index (χ1n) is 7.28. The van der Waals surface area contributed by atoms with Crippen LogP contribution in [0.3, 0.4) is 0 Å². The second-order valence-corrected chi connectivity index (χ2v) is 6.14. The lowest BCUT2D eigenvalue weighted by atomic mass is 10.0. The van der Waals surface area contributed by atoms with Crippen LogP contribution in [0.4, 0.5) is 5.69 Å². The maximum absolute atomic E-state index is 11.5. The third kappa shape index (κ3) is 4.10. The molecular weight excluding hydrogens is 314 g/mol. The van der Waals surface area contributed by atoms with Gasteiger partial charge in [-0.25, -0.2) is 4.79 Å². The molecule has 0 aliphatic rings. The fraction of sp³-hybridized carbons (Fsp3) is 0.235. The van der Waals surface area contributed by atoms with E-state index in [0.29, 0.717) is 10.5 Å². The quantitative estimate of drug-likeness (QED) is 0.339.